The summed E-state index contributed by atoms with van der Waals surface area (Å²) in [4.78, 5) is 12.3. The van der Waals surface area contributed by atoms with Crippen LogP contribution in [0.1, 0.15) is 65.7 Å². The van der Waals surface area contributed by atoms with Gasteiger partial charge in [0, 0.05) is 18.3 Å². The van der Waals surface area contributed by atoms with Gasteiger partial charge in [0.2, 0.25) is 5.91 Å². The number of amides is 1. The summed E-state index contributed by atoms with van der Waals surface area (Å²) < 4.78 is 0. The normalized spacial score (nSPS) is 47.3. The highest BCUT2D eigenvalue weighted by atomic mass is 35.5. The van der Waals surface area contributed by atoms with Crippen LogP contribution >= 0.6 is 11.6 Å². The van der Waals surface area contributed by atoms with Crippen molar-refractivity contribution in [2.75, 3.05) is 6.54 Å². The lowest BCUT2D eigenvalue weighted by atomic mass is 9.40. The summed E-state index contributed by atoms with van der Waals surface area (Å²) in [6.07, 6.45) is 8.68. The number of hydrogen-bond donors (Lipinski definition) is 1. The highest BCUT2D eigenvalue weighted by molar-refractivity contribution is 6.20. The number of nitrogens with one attached hydrogen (secondary N) is 1. The smallest absolute Gasteiger partial charge is 0.220 e. The Morgan fingerprint density at radius 3 is 2.30 bits per heavy atom. The van der Waals surface area contributed by atoms with Crippen molar-refractivity contribution in [3.63, 3.8) is 0 Å². The van der Waals surface area contributed by atoms with Crippen molar-refractivity contribution >= 4 is 17.5 Å². The van der Waals surface area contributed by atoms with Gasteiger partial charge in [0.25, 0.3) is 0 Å². The van der Waals surface area contributed by atoms with Crippen molar-refractivity contribution < 1.29 is 4.79 Å². The molecule has 114 valence electrons. The van der Waals surface area contributed by atoms with Crippen molar-refractivity contribution in [1.82, 2.24) is 5.32 Å². The Labute approximate surface area is 128 Å². The van der Waals surface area contributed by atoms with Gasteiger partial charge in [0.1, 0.15) is 0 Å². The topological polar surface area (TPSA) is 29.1 Å². The number of hydrogen-bond acceptors (Lipinski definition) is 1. The third-order valence-corrected chi connectivity index (χ3v) is 6.01. The Hall–Kier alpha value is -0.240. The van der Waals surface area contributed by atoms with Crippen LogP contribution in [-0.2, 0) is 4.79 Å². The minimum atomic E-state index is 0.0188. The van der Waals surface area contributed by atoms with E-state index >= 15 is 0 Å². The summed E-state index contributed by atoms with van der Waals surface area (Å²) in [5, 5.41) is 3.03. The Balaban J connectivity index is 1.71. The minimum Gasteiger partial charge on any atom is -0.355 e. The highest BCUT2D eigenvalue weighted by Gasteiger charge is 2.60. The molecule has 1 amide bonds. The van der Waals surface area contributed by atoms with E-state index in [1.165, 1.54) is 38.5 Å². The van der Waals surface area contributed by atoms with Gasteiger partial charge in [0.15, 0.2) is 0 Å². The molecule has 0 aliphatic heterocycles. The van der Waals surface area contributed by atoms with Gasteiger partial charge in [-0.15, -0.1) is 11.6 Å². The second-order valence-electron chi connectivity index (χ2n) is 8.89. The lowest BCUT2D eigenvalue weighted by molar-refractivity contribution is -0.156. The maximum absolute atomic E-state index is 12.3. The fraction of sp³-hybridized carbons (Fsp3) is 0.941. The zero-order valence-electron chi connectivity index (χ0n) is 13.1. The molecular formula is C17H28ClNO. The molecule has 0 aromatic rings. The van der Waals surface area contributed by atoms with E-state index < -0.39 is 0 Å². The molecular weight excluding hydrogens is 270 g/mol. The van der Waals surface area contributed by atoms with E-state index in [0.717, 1.165) is 12.3 Å². The molecule has 2 nitrogen and oxygen atoms in total. The third-order valence-electron chi connectivity index (χ3n) is 5.86. The van der Waals surface area contributed by atoms with Crippen LogP contribution in [0.15, 0.2) is 0 Å². The fourth-order valence-electron chi connectivity index (χ4n) is 6.54. The molecule has 4 bridgehead atoms. The van der Waals surface area contributed by atoms with Crippen molar-refractivity contribution in [2.45, 2.75) is 71.1 Å². The Kier molecular flexibility index (Phi) is 3.40. The summed E-state index contributed by atoms with van der Waals surface area (Å²) in [5.74, 6) is 1.08. The second-order valence-corrected chi connectivity index (χ2v) is 9.64. The first-order chi connectivity index (χ1) is 9.22. The van der Waals surface area contributed by atoms with Gasteiger partial charge < -0.3 is 5.32 Å². The minimum absolute atomic E-state index is 0.0188. The summed E-state index contributed by atoms with van der Waals surface area (Å²) >= 11 is 5.93. The molecule has 0 spiro atoms. The Bertz CT molecular complexity index is 401. The molecule has 3 unspecified atom stereocenters. The van der Waals surface area contributed by atoms with E-state index in [1.54, 1.807) is 0 Å². The van der Waals surface area contributed by atoms with Crippen molar-refractivity contribution in [1.29, 1.82) is 0 Å². The molecule has 0 heterocycles. The van der Waals surface area contributed by atoms with Crippen LogP contribution in [0.25, 0.3) is 0 Å². The molecule has 20 heavy (non-hydrogen) atoms. The average molecular weight is 298 g/mol. The van der Waals surface area contributed by atoms with Crippen LogP contribution in [0, 0.1) is 22.2 Å². The van der Waals surface area contributed by atoms with E-state index in [2.05, 4.69) is 19.2 Å². The van der Waals surface area contributed by atoms with Gasteiger partial charge in [-0.3, -0.25) is 4.79 Å². The maximum Gasteiger partial charge on any atom is 0.220 e. The van der Waals surface area contributed by atoms with E-state index in [-0.39, 0.29) is 16.7 Å². The van der Waals surface area contributed by atoms with E-state index in [9.17, 15) is 4.79 Å². The monoisotopic (exact) mass is 297 g/mol. The van der Waals surface area contributed by atoms with Crippen LogP contribution in [0.4, 0.5) is 0 Å². The highest BCUT2D eigenvalue weighted by Crippen LogP contribution is 2.70. The van der Waals surface area contributed by atoms with Gasteiger partial charge in [-0.25, -0.2) is 0 Å². The summed E-state index contributed by atoms with van der Waals surface area (Å²) in [5.41, 5.74) is 1.27. The zero-order chi connectivity index (χ0) is 14.6. The number of rotatable bonds is 4. The first-order valence-electron chi connectivity index (χ1n) is 8.13. The van der Waals surface area contributed by atoms with Crippen molar-refractivity contribution in [3.05, 3.63) is 0 Å². The molecule has 3 heteroatoms. The number of carbonyl (C=O) groups is 1. The summed E-state index contributed by atoms with van der Waals surface area (Å²) in [6, 6.07) is 0. The van der Waals surface area contributed by atoms with Crippen LogP contribution < -0.4 is 5.32 Å². The molecule has 4 aliphatic rings. The molecule has 3 atom stereocenters. The molecule has 0 aromatic heterocycles. The fourth-order valence-corrected chi connectivity index (χ4v) is 6.62. The van der Waals surface area contributed by atoms with E-state index in [4.69, 9.17) is 11.6 Å². The molecule has 4 rings (SSSR count). The van der Waals surface area contributed by atoms with Crippen molar-refractivity contribution in [2.24, 2.45) is 22.2 Å². The van der Waals surface area contributed by atoms with Crippen LogP contribution in [0.3, 0.4) is 0 Å². The standard InChI is InChI=1S/C17H28ClNO/c1-12(18)8-19-14(20)7-17-6-13-4-15(2,10-17)9-16(3,5-13)11-17/h12-13H,4-11H2,1-3H3,(H,19,20). The average Bonchev–Trinajstić information content (AvgIpc) is 2.20. The molecule has 0 saturated heterocycles. The number of alkyl halides is 1. The first kappa shape index (κ1) is 14.7. The lowest BCUT2D eigenvalue weighted by Crippen LogP contribution is -2.56. The SMILES string of the molecule is CC(Cl)CNC(=O)CC12CC3CC(C)(CC(C)(C3)C1)C2. The van der Waals surface area contributed by atoms with Gasteiger partial charge in [-0.2, -0.15) is 0 Å². The van der Waals surface area contributed by atoms with Crippen LogP contribution in [0.5, 0.6) is 0 Å². The lowest BCUT2D eigenvalue weighted by Gasteiger charge is -2.65. The predicted molar refractivity (Wildman–Crippen MR) is 82.8 cm³/mol. The van der Waals surface area contributed by atoms with E-state index in [1.807, 2.05) is 6.92 Å². The Morgan fingerprint density at radius 1 is 1.20 bits per heavy atom. The van der Waals surface area contributed by atoms with Gasteiger partial charge in [0.05, 0.1) is 0 Å². The van der Waals surface area contributed by atoms with Gasteiger partial charge in [-0.1, -0.05) is 13.8 Å². The third kappa shape index (κ3) is 2.73. The Morgan fingerprint density at radius 2 is 1.80 bits per heavy atom. The van der Waals surface area contributed by atoms with Crippen LogP contribution in [0.2, 0.25) is 0 Å². The summed E-state index contributed by atoms with van der Waals surface area (Å²) in [6.45, 7) is 7.44. The van der Waals surface area contributed by atoms with E-state index in [0.29, 0.717) is 17.4 Å². The zero-order valence-corrected chi connectivity index (χ0v) is 13.9. The molecule has 4 aliphatic carbocycles. The molecule has 4 fully saturated rings. The number of halogens is 1. The molecule has 0 radical (unpaired) electrons. The van der Waals surface area contributed by atoms with Crippen LogP contribution in [-0.4, -0.2) is 17.8 Å². The molecule has 4 saturated carbocycles. The largest absolute Gasteiger partial charge is 0.355 e. The van der Waals surface area contributed by atoms with Gasteiger partial charge in [-0.05, 0) is 67.6 Å². The van der Waals surface area contributed by atoms with Gasteiger partial charge >= 0.3 is 0 Å². The maximum atomic E-state index is 12.3. The van der Waals surface area contributed by atoms with Crippen molar-refractivity contribution in [3.8, 4) is 0 Å². The second kappa shape index (κ2) is 4.63. The number of carbonyl (C=O) groups excluding carboxylic acids is 1. The molecule has 1 N–H and O–H groups in total. The molecule has 0 aromatic carbocycles. The predicted octanol–water partition coefficient (Wildman–Crippen LogP) is 4.12. The summed E-state index contributed by atoms with van der Waals surface area (Å²) in [7, 11) is 0. The first-order valence-corrected chi connectivity index (χ1v) is 8.56. The quantitative estimate of drug-likeness (QED) is 0.777.